The largest absolute Gasteiger partial charge is 0.506 e. The van der Waals surface area contributed by atoms with E-state index < -0.39 is 0 Å². The molecule has 0 aromatic heterocycles. The predicted molar refractivity (Wildman–Crippen MR) is 38.6 cm³/mol. The Bertz CT molecular complexity index is 33.2. The molecule has 0 aromatic rings. The molecule has 48 valence electrons. The summed E-state index contributed by atoms with van der Waals surface area (Å²) < 4.78 is 13.2. The molecule has 0 bridgehead atoms. The van der Waals surface area contributed by atoms with Gasteiger partial charge in [-0.05, 0) is 6.42 Å². The van der Waals surface area contributed by atoms with Crippen LogP contribution in [-0.4, -0.2) is 33.4 Å². The Balaban J connectivity index is 0. The van der Waals surface area contributed by atoms with Crippen LogP contribution < -0.4 is 0 Å². The summed E-state index contributed by atoms with van der Waals surface area (Å²) in [7, 11) is 0.611. The van der Waals surface area contributed by atoms with Gasteiger partial charge in [-0.25, -0.2) is 0 Å². The molecular formula is C4H13AlO2Si. The molecule has 0 saturated heterocycles. The molecule has 0 heterocycles. The van der Waals surface area contributed by atoms with Gasteiger partial charge in [0.2, 0.25) is 10.1 Å². The lowest BCUT2D eigenvalue weighted by atomic mass is 10.4. The average molecular weight is 148 g/mol. The molecule has 4 heteroatoms. The van der Waals surface area contributed by atoms with Gasteiger partial charge in [0.25, 0.3) is 0 Å². The first kappa shape index (κ1) is 11.3. The van der Waals surface area contributed by atoms with Crippen LogP contribution in [0.5, 0.6) is 0 Å². The Labute approximate surface area is 61.9 Å². The van der Waals surface area contributed by atoms with Gasteiger partial charge in [0.1, 0.15) is 0 Å². The maximum absolute atomic E-state index is 8.28. The van der Waals surface area contributed by atoms with Crippen LogP contribution >= 0.6 is 0 Å². The molecule has 0 saturated carbocycles. The molecule has 0 spiro atoms. The second kappa shape index (κ2) is 15.6. The van der Waals surface area contributed by atoms with Crippen molar-refractivity contribution in [3.8, 4) is 0 Å². The number of hydrogen-bond donors (Lipinski definition) is 0. The van der Waals surface area contributed by atoms with E-state index in [-0.39, 0.29) is 0 Å². The molecule has 0 amide bonds. The molecule has 0 unspecified atom stereocenters. The molecule has 0 aliphatic carbocycles. The first-order valence-corrected chi connectivity index (χ1v) is 4.09. The molecule has 0 atom stereocenters. The van der Waals surface area contributed by atoms with Crippen molar-refractivity contribution in [1.29, 1.82) is 0 Å². The van der Waals surface area contributed by atoms with Gasteiger partial charge in [-0.15, -0.1) is 0 Å². The highest BCUT2D eigenvalue weighted by molar-refractivity contribution is 5.97. The fourth-order valence-electron chi connectivity index (χ4n) is 0.289. The van der Waals surface area contributed by atoms with Crippen molar-refractivity contribution < 1.29 is 8.25 Å². The van der Waals surface area contributed by atoms with E-state index in [4.69, 9.17) is 8.25 Å². The second-order valence-electron chi connectivity index (χ2n) is 1.35. The van der Waals surface area contributed by atoms with Crippen molar-refractivity contribution in [2.45, 2.75) is 19.8 Å². The first-order valence-electron chi connectivity index (χ1n) is 2.69. The summed E-state index contributed by atoms with van der Waals surface area (Å²) >= 11 is 0.903. The summed E-state index contributed by atoms with van der Waals surface area (Å²) in [6.45, 7) is 3.14. The third kappa shape index (κ3) is 16.0. The molecule has 0 fully saturated rings. The zero-order valence-corrected chi connectivity index (χ0v) is 9.06. The Hall–Kier alpha value is 0.509. The number of hydrogen-bond acceptors (Lipinski definition) is 2. The minimum atomic E-state index is 0.611. The van der Waals surface area contributed by atoms with Gasteiger partial charge in [0.15, 0.2) is 0 Å². The summed E-state index contributed by atoms with van der Waals surface area (Å²) in [5.74, 6) is 0. The van der Waals surface area contributed by atoms with E-state index in [1.165, 1.54) is 12.8 Å². The Kier molecular flexibility index (Phi) is 22.2. The molecule has 0 radical (unpaired) electrons. The summed E-state index contributed by atoms with van der Waals surface area (Å²) in [6.07, 6.45) is 2.48. The van der Waals surface area contributed by atoms with Gasteiger partial charge in [-0.1, -0.05) is 13.3 Å². The van der Waals surface area contributed by atoms with Gasteiger partial charge in [-0.3, -0.25) is 0 Å². The third-order valence-corrected chi connectivity index (χ3v) is 1.11. The fraction of sp³-hybridized carbons (Fsp3) is 1.00. The third-order valence-electron chi connectivity index (χ3n) is 0.702. The van der Waals surface area contributed by atoms with E-state index in [0.29, 0.717) is 10.1 Å². The summed E-state index contributed by atoms with van der Waals surface area (Å²) in [5, 5.41) is 0. The van der Waals surface area contributed by atoms with Gasteiger partial charge >= 0.3 is 16.6 Å². The van der Waals surface area contributed by atoms with Gasteiger partial charge in [0, 0.05) is 6.61 Å². The second-order valence-corrected chi connectivity index (χ2v) is 1.92. The normalized spacial score (nSPS) is 7.12. The molecule has 0 aliphatic rings. The molecule has 0 rings (SSSR count). The molecule has 0 aliphatic heterocycles. The highest BCUT2D eigenvalue weighted by Gasteiger charge is 1.74. The molecule has 0 N–H and O–H groups in total. The Morgan fingerprint density at radius 2 is 2.12 bits per heavy atom. The average Bonchev–Trinajstić information content (AvgIpc) is 1.88. The van der Waals surface area contributed by atoms with Crippen LogP contribution in [0.15, 0.2) is 0 Å². The Morgan fingerprint density at radius 1 is 1.62 bits per heavy atom. The van der Waals surface area contributed by atoms with Crippen molar-refractivity contribution in [3.63, 3.8) is 0 Å². The van der Waals surface area contributed by atoms with Crippen LogP contribution in [0, 0.1) is 0 Å². The standard InChI is InChI=1S/C4H9O.Al.H2OSi.2H/c1-2-3-4-5;;1-2;;/h2-4H2,1H3;;2H2;;/q-1;+1;;;. The summed E-state index contributed by atoms with van der Waals surface area (Å²) in [6, 6.07) is 0. The fourth-order valence-corrected chi connectivity index (χ4v) is 0.577. The molecule has 0 aromatic carbocycles. The van der Waals surface area contributed by atoms with Crippen LogP contribution in [-0.2, 0) is 8.25 Å². The topological polar surface area (TPSA) is 26.3 Å². The smallest absolute Gasteiger partial charge is 0.410 e. The van der Waals surface area contributed by atoms with Gasteiger partial charge in [0.05, 0.1) is 0 Å². The minimum Gasteiger partial charge on any atom is -0.506 e. The lowest BCUT2D eigenvalue weighted by Crippen LogP contribution is -1.85. The molecular weight excluding hydrogens is 135 g/mol. The highest BCUT2D eigenvalue weighted by atomic mass is 28.1. The quantitative estimate of drug-likeness (QED) is 0.391. The maximum atomic E-state index is 8.28. The number of unbranched alkanes of at least 4 members (excludes halogenated alkanes) is 1. The maximum Gasteiger partial charge on any atom is 0.410 e. The van der Waals surface area contributed by atoms with E-state index in [0.717, 1.165) is 23.2 Å². The van der Waals surface area contributed by atoms with E-state index >= 15 is 0 Å². The zero-order chi connectivity index (χ0) is 6.83. The highest BCUT2D eigenvalue weighted by Crippen LogP contribution is 1.82. The van der Waals surface area contributed by atoms with Crippen molar-refractivity contribution in [3.05, 3.63) is 0 Å². The van der Waals surface area contributed by atoms with Crippen LogP contribution in [0.3, 0.4) is 0 Å². The summed E-state index contributed by atoms with van der Waals surface area (Å²) in [4.78, 5) is 0. The van der Waals surface area contributed by atoms with E-state index in [1.807, 2.05) is 0 Å². The molecule has 8 heavy (non-hydrogen) atoms. The van der Waals surface area contributed by atoms with Crippen molar-refractivity contribution in [2.75, 3.05) is 6.61 Å². The van der Waals surface area contributed by atoms with Gasteiger partial charge < -0.3 is 8.25 Å². The SMILES string of the molecule is CCCC[O][AlH2].O=[SiH2]. The minimum absolute atomic E-state index is 0.611. The number of rotatable bonds is 3. The van der Waals surface area contributed by atoms with Crippen LogP contribution in [0.2, 0.25) is 0 Å². The Morgan fingerprint density at radius 3 is 2.25 bits per heavy atom. The van der Waals surface area contributed by atoms with E-state index in [2.05, 4.69) is 6.92 Å². The molecule has 2 nitrogen and oxygen atoms in total. The zero-order valence-electron chi connectivity index (χ0n) is 5.64. The van der Waals surface area contributed by atoms with Crippen LogP contribution in [0.1, 0.15) is 19.8 Å². The summed E-state index contributed by atoms with van der Waals surface area (Å²) in [5.41, 5.74) is 0. The lowest BCUT2D eigenvalue weighted by molar-refractivity contribution is 0.339. The van der Waals surface area contributed by atoms with Crippen LogP contribution in [0.25, 0.3) is 0 Å². The predicted octanol–water partition coefficient (Wildman–Crippen LogP) is -0.684. The van der Waals surface area contributed by atoms with E-state index in [1.54, 1.807) is 0 Å². The monoisotopic (exact) mass is 148 g/mol. The van der Waals surface area contributed by atoms with Crippen molar-refractivity contribution in [1.82, 2.24) is 0 Å². The lowest BCUT2D eigenvalue weighted by Gasteiger charge is -1.91. The van der Waals surface area contributed by atoms with Gasteiger partial charge in [-0.2, -0.15) is 0 Å². The van der Waals surface area contributed by atoms with Crippen LogP contribution in [0.4, 0.5) is 0 Å². The van der Waals surface area contributed by atoms with E-state index in [9.17, 15) is 0 Å². The van der Waals surface area contributed by atoms with Crippen molar-refractivity contribution >= 4 is 26.8 Å². The first-order chi connectivity index (χ1) is 3.91. The van der Waals surface area contributed by atoms with Crippen molar-refractivity contribution in [2.24, 2.45) is 0 Å².